The smallest absolute Gasteiger partial charge is 0.0230 e. The van der Waals surface area contributed by atoms with E-state index in [2.05, 4.69) is 69.2 Å². The molecule has 0 spiro atoms. The van der Waals surface area contributed by atoms with Gasteiger partial charge in [-0.15, -0.1) is 0 Å². The van der Waals surface area contributed by atoms with E-state index in [9.17, 15) is 0 Å². The first-order valence-corrected chi connectivity index (χ1v) is 6.95. The largest absolute Gasteiger partial charge is 0.314 e. The van der Waals surface area contributed by atoms with E-state index in [4.69, 9.17) is 0 Å². The standard InChI is InChI=1S/C16H28N2/c1-13(2)17-10-15(4)11-18(5)12-16-8-6-7-14(3)9-16/h6-9,13,15,17H,10-12H2,1-5H3. The van der Waals surface area contributed by atoms with E-state index < -0.39 is 0 Å². The van der Waals surface area contributed by atoms with Gasteiger partial charge in [0.1, 0.15) is 0 Å². The van der Waals surface area contributed by atoms with Crippen LogP contribution in [0.15, 0.2) is 24.3 Å². The van der Waals surface area contributed by atoms with Crippen molar-refractivity contribution < 1.29 is 0 Å². The number of nitrogens with zero attached hydrogens (tertiary/aromatic N) is 1. The first-order chi connectivity index (χ1) is 8.47. The number of benzene rings is 1. The second-order valence-electron chi connectivity index (χ2n) is 5.85. The van der Waals surface area contributed by atoms with Crippen molar-refractivity contribution in [3.05, 3.63) is 35.4 Å². The second-order valence-corrected chi connectivity index (χ2v) is 5.85. The van der Waals surface area contributed by atoms with Crippen LogP contribution >= 0.6 is 0 Å². The quantitative estimate of drug-likeness (QED) is 0.798. The van der Waals surface area contributed by atoms with Gasteiger partial charge in [-0.1, -0.05) is 50.6 Å². The molecular weight excluding hydrogens is 220 g/mol. The van der Waals surface area contributed by atoms with E-state index in [0.29, 0.717) is 12.0 Å². The van der Waals surface area contributed by atoms with Gasteiger partial charge in [-0.25, -0.2) is 0 Å². The van der Waals surface area contributed by atoms with Crippen molar-refractivity contribution in [2.75, 3.05) is 20.1 Å². The fraction of sp³-hybridized carbons (Fsp3) is 0.625. The molecule has 0 aliphatic rings. The van der Waals surface area contributed by atoms with Crippen LogP contribution < -0.4 is 5.32 Å². The summed E-state index contributed by atoms with van der Waals surface area (Å²) in [4.78, 5) is 2.40. The van der Waals surface area contributed by atoms with Gasteiger partial charge in [0.25, 0.3) is 0 Å². The van der Waals surface area contributed by atoms with Crippen molar-refractivity contribution in [1.82, 2.24) is 10.2 Å². The van der Waals surface area contributed by atoms with Gasteiger partial charge in [0, 0.05) is 19.1 Å². The summed E-state index contributed by atoms with van der Waals surface area (Å²) in [6, 6.07) is 9.35. The second kappa shape index (κ2) is 7.55. The van der Waals surface area contributed by atoms with E-state index in [-0.39, 0.29) is 0 Å². The van der Waals surface area contributed by atoms with Gasteiger partial charge in [-0.2, -0.15) is 0 Å². The van der Waals surface area contributed by atoms with Crippen LogP contribution in [0.25, 0.3) is 0 Å². The molecule has 1 unspecified atom stereocenters. The highest BCUT2D eigenvalue weighted by atomic mass is 15.1. The molecule has 1 atom stereocenters. The average molecular weight is 248 g/mol. The van der Waals surface area contributed by atoms with Crippen molar-refractivity contribution in [3.8, 4) is 0 Å². The maximum absolute atomic E-state index is 3.50. The summed E-state index contributed by atoms with van der Waals surface area (Å²) in [6.07, 6.45) is 0. The molecule has 1 N–H and O–H groups in total. The normalized spacial score (nSPS) is 13.3. The molecule has 0 radical (unpaired) electrons. The number of hydrogen-bond donors (Lipinski definition) is 1. The number of aryl methyl sites for hydroxylation is 1. The molecule has 102 valence electrons. The predicted octanol–water partition coefficient (Wildman–Crippen LogP) is 3.06. The van der Waals surface area contributed by atoms with Crippen LogP contribution in [0.2, 0.25) is 0 Å². The van der Waals surface area contributed by atoms with Crippen LogP contribution in [0.1, 0.15) is 31.9 Å². The van der Waals surface area contributed by atoms with Crippen LogP contribution in [0.3, 0.4) is 0 Å². The molecule has 1 rings (SSSR count). The lowest BCUT2D eigenvalue weighted by Crippen LogP contribution is -2.33. The molecule has 0 saturated heterocycles. The molecular formula is C16H28N2. The minimum Gasteiger partial charge on any atom is -0.314 e. The lowest BCUT2D eigenvalue weighted by Gasteiger charge is -2.22. The van der Waals surface area contributed by atoms with Crippen molar-refractivity contribution >= 4 is 0 Å². The lowest BCUT2D eigenvalue weighted by molar-refractivity contribution is 0.271. The van der Waals surface area contributed by atoms with E-state index in [1.165, 1.54) is 11.1 Å². The monoisotopic (exact) mass is 248 g/mol. The molecule has 1 aromatic carbocycles. The Morgan fingerprint density at radius 1 is 1.22 bits per heavy atom. The fourth-order valence-corrected chi connectivity index (χ4v) is 2.22. The molecule has 0 heterocycles. The molecule has 0 aromatic heterocycles. The summed E-state index contributed by atoms with van der Waals surface area (Å²) in [5, 5.41) is 3.50. The van der Waals surface area contributed by atoms with Crippen molar-refractivity contribution in [2.45, 2.75) is 40.3 Å². The molecule has 0 aliphatic carbocycles. The molecule has 2 nitrogen and oxygen atoms in total. The van der Waals surface area contributed by atoms with Crippen LogP contribution in [0.5, 0.6) is 0 Å². The molecule has 18 heavy (non-hydrogen) atoms. The van der Waals surface area contributed by atoms with Crippen molar-refractivity contribution in [1.29, 1.82) is 0 Å². The minimum atomic E-state index is 0.578. The third-order valence-electron chi connectivity index (χ3n) is 3.03. The number of nitrogens with one attached hydrogen (secondary N) is 1. The summed E-state index contributed by atoms with van der Waals surface area (Å²) in [6.45, 7) is 12.1. The predicted molar refractivity (Wildman–Crippen MR) is 79.8 cm³/mol. The molecule has 0 fully saturated rings. The van der Waals surface area contributed by atoms with Gasteiger partial charge in [0.05, 0.1) is 0 Å². The van der Waals surface area contributed by atoms with Crippen LogP contribution in [-0.4, -0.2) is 31.1 Å². The number of hydrogen-bond acceptors (Lipinski definition) is 2. The highest BCUT2D eigenvalue weighted by molar-refractivity contribution is 5.21. The molecule has 0 saturated carbocycles. The topological polar surface area (TPSA) is 15.3 Å². The maximum atomic E-state index is 3.50. The van der Waals surface area contributed by atoms with E-state index in [1.54, 1.807) is 0 Å². The van der Waals surface area contributed by atoms with E-state index >= 15 is 0 Å². The minimum absolute atomic E-state index is 0.578. The fourth-order valence-electron chi connectivity index (χ4n) is 2.22. The van der Waals surface area contributed by atoms with Gasteiger partial charge >= 0.3 is 0 Å². The Kier molecular flexibility index (Phi) is 6.37. The Morgan fingerprint density at radius 3 is 2.56 bits per heavy atom. The Balaban J connectivity index is 2.34. The summed E-state index contributed by atoms with van der Waals surface area (Å²) >= 11 is 0. The lowest BCUT2D eigenvalue weighted by atomic mass is 10.1. The van der Waals surface area contributed by atoms with Gasteiger partial charge in [-0.05, 0) is 32.0 Å². The van der Waals surface area contributed by atoms with E-state index in [1.807, 2.05) is 0 Å². The third-order valence-corrected chi connectivity index (χ3v) is 3.03. The highest BCUT2D eigenvalue weighted by Gasteiger charge is 2.07. The van der Waals surface area contributed by atoms with E-state index in [0.717, 1.165) is 19.6 Å². The highest BCUT2D eigenvalue weighted by Crippen LogP contribution is 2.08. The van der Waals surface area contributed by atoms with Gasteiger partial charge in [0.15, 0.2) is 0 Å². The maximum Gasteiger partial charge on any atom is 0.0230 e. The summed E-state index contributed by atoms with van der Waals surface area (Å²) in [5.74, 6) is 0.683. The first-order valence-electron chi connectivity index (χ1n) is 6.95. The molecule has 0 amide bonds. The molecule has 1 aromatic rings. The van der Waals surface area contributed by atoms with Gasteiger partial charge in [-0.3, -0.25) is 0 Å². The van der Waals surface area contributed by atoms with Gasteiger partial charge < -0.3 is 10.2 Å². The average Bonchev–Trinajstić information content (AvgIpc) is 2.26. The Hall–Kier alpha value is -0.860. The van der Waals surface area contributed by atoms with Gasteiger partial charge in [0.2, 0.25) is 0 Å². The van der Waals surface area contributed by atoms with Crippen LogP contribution in [-0.2, 0) is 6.54 Å². The SMILES string of the molecule is Cc1cccc(CN(C)CC(C)CNC(C)C)c1. The Bertz CT molecular complexity index is 347. The molecule has 0 aliphatic heterocycles. The van der Waals surface area contributed by atoms with Crippen LogP contribution in [0.4, 0.5) is 0 Å². The zero-order valence-corrected chi connectivity index (χ0v) is 12.5. The Labute approximate surface area is 112 Å². The Morgan fingerprint density at radius 2 is 1.94 bits per heavy atom. The van der Waals surface area contributed by atoms with Crippen LogP contribution in [0, 0.1) is 12.8 Å². The number of rotatable bonds is 7. The first kappa shape index (κ1) is 15.2. The molecule has 0 bridgehead atoms. The summed E-state index contributed by atoms with van der Waals surface area (Å²) in [5.41, 5.74) is 2.75. The van der Waals surface area contributed by atoms with Crippen molar-refractivity contribution in [3.63, 3.8) is 0 Å². The summed E-state index contributed by atoms with van der Waals surface area (Å²) < 4.78 is 0. The molecule has 2 heteroatoms. The zero-order chi connectivity index (χ0) is 13.5. The summed E-state index contributed by atoms with van der Waals surface area (Å²) in [7, 11) is 2.20. The third kappa shape index (κ3) is 6.18. The zero-order valence-electron chi connectivity index (χ0n) is 12.5. The van der Waals surface area contributed by atoms with Crippen molar-refractivity contribution in [2.24, 2.45) is 5.92 Å².